The van der Waals surface area contributed by atoms with Gasteiger partial charge in [0, 0.05) is 19.6 Å². The van der Waals surface area contributed by atoms with Crippen molar-refractivity contribution in [3.05, 3.63) is 24.4 Å². The molecule has 0 N–H and O–H groups in total. The third-order valence-electron chi connectivity index (χ3n) is 5.16. The molecule has 10 heteroatoms. The van der Waals surface area contributed by atoms with E-state index in [1.807, 2.05) is 0 Å². The molecule has 154 valence electrons. The zero-order valence-corrected chi connectivity index (χ0v) is 15.5. The maximum absolute atomic E-state index is 13.1. The van der Waals surface area contributed by atoms with E-state index in [4.69, 9.17) is 4.42 Å². The SMILES string of the molecule is C=CC(=O)N1CCCC(C(=O)N2CCCCC2c2nnc(CC(F)(F)F)o2)C1. The summed E-state index contributed by atoms with van der Waals surface area (Å²) in [6.45, 7) is 4.86. The zero-order valence-electron chi connectivity index (χ0n) is 15.5. The minimum absolute atomic E-state index is 0.0436. The molecule has 0 spiro atoms. The van der Waals surface area contributed by atoms with Crippen LogP contribution >= 0.6 is 0 Å². The van der Waals surface area contributed by atoms with Crippen LogP contribution in [-0.2, 0) is 16.0 Å². The average molecular weight is 400 g/mol. The highest BCUT2D eigenvalue weighted by molar-refractivity contribution is 5.88. The number of rotatable bonds is 4. The largest absolute Gasteiger partial charge is 0.423 e. The summed E-state index contributed by atoms with van der Waals surface area (Å²) in [4.78, 5) is 28.2. The van der Waals surface area contributed by atoms with Crippen LogP contribution in [0, 0.1) is 5.92 Å². The van der Waals surface area contributed by atoms with Crippen LogP contribution in [0.2, 0.25) is 0 Å². The highest BCUT2D eigenvalue weighted by atomic mass is 19.4. The van der Waals surface area contributed by atoms with Crippen molar-refractivity contribution in [1.29, 1.82) is 0 Å². The minimum atomic E-state index is -4.44. The lowest BCUT2D eigenvalue weighted by Gasteiger charge is -2.39. The van der Waals surface area contributed by atoms with Crippen LogP contribution in [0.1, 0.15) is 49.9 Å². The van der Waals surface area contributed by atoms with Crippen molar-refractivity contribution in [3.8, 4) is 0 Å². The fraction of sp³-hybridized carbons (Fsp3) is 0.667. The number of alkyl halides is 3. The molecule has 3 rings (SSSR count). The number of likely N-dealkylation sites (tertiary alicyclic amines) is 2. The summed E-state index contributed by atoms with van der Waals surface area (Å²) < 4.78 is 42.9. The molecule has 0 aromatic carbocycles. The zero-order chi connectivity index (χ0) is 20.3. The Morgan fingerprint density at radius 2 is 1.96 bits per heavy atom. The standard InChI is InChI=1S/C18H23F3N4O3/c1-2-15(26)24-8-5-6-12(11-24)17(27)25-9-4-3-7-13(25)16-23-22-14(28-16)10-18(19,20)21/h2,12-13H,1,3-11H2. The second-order valence-electron chi connectivity index (χ2n) is 7.20. The van der Waals surface area contributed by atoms with Gasteiger partial charge < -0.3 is 14.2 Å². The van der Waals surface area contributed by atoms with Crippen LogP contribution in [0.5, 0.6) is 0 Å². The molecule has 3 heterocycles. The topological polar surface area (TPSA) is 79.5 Å². The molecule has 7 nitrogen and oxygen atoms in total. The summed E-state index contributed by atoms with van der Waals surface area (Å²) in [5.74, 6) is -1.14. The van der Waals surface area contributed by atoms with Gasteiger partial charge in [0.05, 0.1) is 5.92 Å². The molecule has 2 fully saturated rings. The summed E-state index contributed by atoms with van der Waals surface area (Å²) in [5, 5.41) is 7.26. The van der Waals surface area contributed by atoms with Crippen LogP contribution in [0.15, 0.2) is 17.1 Å². The predicted molar refractivity (Wildman–Crippen MR) is 91.9 cm³/mol. The van der Waals surface area contributed by atoms with Gasteiger partial charge in [-0.25, -0.2) is 0 Å². The minimum Gasteiger partial charge on any atom is -0.423 e. The van der Waals surface area contributed by atoms with Crippen LogP contribution in [0.4, 0.5) is 13.2 Å². The number of hydrogen-bond donors (Lipinski definition) is 0. The molecule has 1 aromatic heterocycles. The lowest BCUT2D eigenvalue weighted by molar-refractivity contribution is -0.144. The number of aromatic nitrogens is 2. The number of carbonyl (C=O) groups is 2. The maximum Gasteiger partial charge on any atom is 0.397 e. The third-order valence-corrected chi connectivity index (χ3v) is 5.16. The highest BCUT2D eigenvalue weighted by Crippen LogP contribution is 2.33. The molecule has 0 saturated carbocycles. The van der Waals surface area contributed by atoms with Gasteiger partial charge in [-0.1, -0.05) is 6.58 Å². The van der Waals surface area contributed by atoms with E-state index in [9.17, 15) is 22.8 Å². The lowest BCUT2D eigenvalue weighted by atomic mass is 9.93. The Morgan fingerprint density at radius 1 is 1.18 bits per heavy atom. The van der Waals surface area contributed by atoms with Crippen molar-refractivity contribution in [2.24, 2.45) is 5.92 Å². The highest BCUT2D eigenvalue weighted by Gasteiger charge is 2.38. The third kappa shape index (κ3) is 4.71. The predicted octanol–water partition coefficient (Wildman–Crippen LogP) is 2.65. The van der Waals surface area contributed by atoms with E-state index in [-0.39, 0.29) is 23.6 Å². The van der Waals surface area contributed by atoms with Crippen molar-refractivity contribution < 1.29 is 27.2 Å². The molecule has 2 amide bonds. The first-order chi connectivity index (χ1) is 13.3. The molecular weight excluding hydrogens is 377 g/mol. The Bertz CT molecular complexity index is 734. The van der Waals surface area contributed by atoms with Crippen LogP contribution in [0.25, 0.3) is 0 Å². The molecule has 0 bridgehead atoms. The van der Waals surface area contributed by atoms with E-state index < -0.39 is 24.5 Å². The number of nitrogens with zero attached hydrogens (tertiary/aromatic N) is 4. The first-order valence-corrected chi connectivity index (χ1v) is 9.39. The smallest absolute Gasteiger partial charge is 0.397 e. The summed E-state index contributed by atoms with van der Waals surface area (Å²) in [6.07, 6.45) is -0.947. The van der Waals surface area contributed by atoms with Crippen molar-refractivity contribution in [3.63, 3.8) is 0 Å². The molecule has 2 saturated heterocycles. The summed E-state index contributed by atoms with van der Waals surface area (Å²) in [5.41, 5.74) is 0. The van der Waals surface area contributed by atoms with Gasteiger partial charge >= 0.3 is 6.18 Å². The van der Waals surface area contributed by atoms with Crippen molar-refractivity contribution in [2.75, 3.05) is 19.6 Å². The lowest BCUT2D eigenvalue weighted by Crippen LogP contribution is -2.48. The van der Waals surface area contributed by atoms with E-state index in [0.717, 1.165) is 12.8 Å². The van der Waals surface area contributed by atoms with Gasteiger partial charge in [-0.15, -0.1) is 10.2 Å². The normalized spacial score (nSPS) is 23.5. The molecule has 0 aliphatic carbocycles. The molecule has 2 unspecified atom stereocenters. The molecule has 0 radical (unpaired) electrons. The van der Waals surface area contributed by atoms with E-state index in [1.54, 1.807) is 9.80 Å². The maximum atomic E-state index is 13.1. The van der Waals surface area contributed by atoms with Gasteiger partial charge in [0.25, 0.3) is 0 Å². The summed E-state index contributed by atoms with van der Waals surface area (Å²) in [6, 6.07) is -0.527. The van der Waals surface area contributed by atoms with Gasteiger partial charge in [-0.2, -0.15) is 13.2 Å². The second-order valence-corrected chi connectivity index (χ2v) is 7.20. The van der Waals surface area contributed by atoms with Crippen molar-refractivity contribution >= 4 is 11.8 Å². The monoisotopic (exact) mass is 400 g/mol. The van der Waals surface area contributed by atoms with Gasteiger partial charge in [-0.3, -0.25) is 9.59 Å². The number of piperidine rings is 2. The Labute approximate surface area is 160 Å². The first kappa shape index (κ1) is 20.3. The fourth-order valence-corrected chi connectivity index (χ4v) is 3.84. The van der Waals surface area contributed by atoms with Crippen molar-refractivity contribution in [2.45, 2.75) is 50.7 Å². The average Bonchev–Trinajstić information content (AvgIpc) is 3.13. The van der Waals surface area contributed by atoms with E-state index >= 15 is 0 Å². The Morgan fingerprint density at radius 3 is 2.68 bits per heavy atom. The van der Waals surface area contributed by atoms with Crippen LogP contribution < -0.4 is 0 Å². The van der Waals surface area contributed by atoms with Gasteiger partial charge in [0.15, 0.2) is 0 Å². The van der Waals surface area contributed by atoms with Gasteiger partial charge in [-0.05, 0) is 38.2 Å². The number of halogens is 3. The molecule has 1 aromatic rings. The van der Waals surface area contributed by atoms with Gasteiger partial charge in [0.2, 0.25) is 23.6 Å². The van der Waals surface area contributed by atoms with Crippen molar-refractivity contribution in [1.82, 2.24) is 20.0 Å². The molecule has 28 heavy (non-hydrogen) atoms. The Hall–Kier alpha value is -2.39. The van der Waals surface area contributed by atoms with Gasteiger partial charge in [0.1, 0.15) is 12.5 Å². The second kappa shape index (κ2) is 8.32. The summed E-state index contributed by atoms with van der Waals surface area (Å²) in [7, 11) is 0. The van der Waals surface area contributed by atoms with Crippen LogP contribution in [-0.4, -0.2) is 57.6 Å². The van der Waals surface area contributed by atoms with E-state index in [1.165, 1.54) is 6.08 Å². The number of carbonyl (C=O) groups excluding carboxylic acids is 2. The molecule has 2 atom stereocenters. The Balaban J connectivity index is 1.73. The Kier molecular flexibility index (Phi) is 6.04. The summed E-state index contributed by atoms with van der Waals surface area (Å²) >= 11 is 0. The van der Waals surface area contributed by atoms with E-state index in [0.29, 0.717) is 38.9 Å². The molecule has 2 aliphatic heterocycles. The molecule has 2 aliphatic rings. The molecular formula is C18H23F3N4O3. The van der Waals surface area contributed by atoms with E-state index in [2.05, 4.69) is 16.8 Å². The van der Waals surface area contributed by atoms with Crippen LogP contribution in [0.3, 0.4) is 0 Å². The fourth-order valence-electron chi connectivity index (χ4n) is 3.84. The number of amides is 2. The number of hydrogen-bond acceptors (Lipinski definition) is 5. The quantitative estimate of drug-likeness (QED) is 0.726. The first-order valence-electron chi connectivity index (χ1n) is 9.39.